The summed E-state index contributed by atoms with van der Waals surface area (Å²) in [7, 11) is 0. The van der Waals surface area contributed by atoms with Gasteiger partial charge in [-0.25, -0.2) is 4.39 Å². The molecule has 2 fully saturated rings. The molecule has 0 unspecified atom stereocenters. The Hall–Kier alpha value is -0.640. The second kappa shape index (κ2) is 7.21. The number of hydrogen-bond acceptors (Lipinski definition) is 5. The molecular formula is C22H30FIO5. The van der Waals surface area contributed by atoms with Crippen LogP contribution in [-0.2, 0) is 9.59 Å². The number of allylic oxidation sites excluding steroid dienone is 4. The summed E-state index contributed by atoms with van der Waals surface area (Å²) in [6, 6.07) is 0. The fourth-order valence-corrected chi connectivity index (χ4v) is 8.42. The van der Waals surface area contributed by atoms with Crippen molar-refractivity contribution in [3.05, 3.63) is 23.8 Å². The summed E-state index contributed by atoms with van der Waals surface area (Å²) in [4.78, 5) is 24.4. The molecule has 162 valence electrons. The van der Waals surface area contributed by atoms with E-state index in [4.69, 9.17) is 0 Å². The lowest BCUT2D eigenvalue weighted by Gasteiger charge is -2.58. The van der Waals surface area contributed by atoms with E-state index in [2.05, 4.69) is 0 Å². The van der Waals surface area contributed by atoms with Gasteiger partial charge in [0.15, 0.2) is 17.2 Å². The van der Waals surface area contributed by atoms with Crippen LogP contribution in [0, 0.1) is 23.2 Å². The van der Waals surface area contributed by atoms with Crippen LogP contribution < -0.4 is 0 Å². The third kappa shape index (κ3) is 2.72. The lowest BCUT2D eigenvalue weighted by atomic mass is 9.52. The van der Waals surface area contributed by atoms with Crippen molar-refractivity contribution in [3.8, 4) is 0 Å². The first kappa shape index (κ1) is 23.0. The molecule has 0 radical (unpaired) electrons. The zero-order valence-electron chi connectivity index (χ0n) is 17.3. The second-order valence-electron chi connectivity index (χ2n) is 9.19. The van der Waals surface area contributed by atoms with Crippen LogP contribution in [0.1, 0.15) is 47.0 Å². The summed E-state index contributed by atoms with van der Waals surface area (Å²) in [5.41, 5.74) is -4.44. The number of aliphatic hydroxyl groups excluding tert-OH is 2. The van der Waals surface area contributed by atoms with Crippen molar-refractivity contribution in [2.45, 2.75) is 67.8 Å². The minimum atomic E-state index is -2.07. The predicted octanol–water partition coefficient (Wildman–Crippen LogP) is 2.70. The van der Waals surface area contributed by atoms with Gasteiger partial charge in [-0.05, 0) is 56.1 Å². The first-order chi connectivity index (χ1) is 13.3. The highest BCUT2D eigenvalue weighted by atomic mass is 127. The number of Topliss-reactive ketones (excluding diaryl/α,β-unsaturated/α-hetero) is 1. The number of rotatable bonds is 4. The van der Waals surface area contributed by atoms with Crippen molar-refractivity contribution in [1.29, 1.82) is 0 Å². The largest absolute Gasteiger partial charge is 0.390 e. The monoisotopic (exact) mass is 520 g/mol. The quantitative estimate of drug-likeness (QED) is 0.392. The number of alkyl halides is 2. The molecule has 5 nitrogen and oxygen atoms in total. The summed E-state index contributed by atoms with van der Waals surface area (Å²) in [6.07, 6.45) is 3.70. The molecule has 0 saturated heterocycles. The van der Waals surface area contributed by atoms with Crippen LogP contribution >= 0.6 is 22.6 Å². The normalized spacial score (nSPS) is 49.7. The number of carbonyl (C=O) groups is 2. The molecule has 0 amide bonds. The minimum Gasteiger partial charge on any atom is -0.390 e. The Morgan fingerprint density at radius 1 is 1.38 bits per heavy atom. The molecule has 0 aliphatic heterocycles. The van der Waals surface area contributed by atoms with E-state index in [1.807, 2.05) is 29.5 Å². The van der Waals surface area contributed by atoms with E-state index in [0.717, 1.165) is 0 Å². The van der Waals surface area contributed by atoms with Gasteiger partial charge in [0.1, 0.15) is 12.2 Å². The van der Waals surface area contributed by atoms with Gasteiger partial charge in [-0.3, -0.25) is 9.59 Å². The maximum atomic E-state index is 17.0. The first-order valence-electron chi connectivity index (χ1n) is 10.2. The fourth-order valence-electron chi connectivity index (χ4n) is 6.38. The fraction of sp³-hybridized carbons (Fsp3) is 0.727. The lowest BCUT2D eigenvalue weighted by molar-refractivity contribution is -0.169. The molecule has 3 aliphatic rings. The zero-order valence-corrected chi connectivity index (χ0v) is 19.4. The van der Waals surface area contributed by atoms with Crippen molar-refractivity contribution in [2.24, 2.45) is 23.2 Å². The van der Waals surface area contributed by atoms with E-state index in [9.17, 15) is 24.9 Å². The number of fused-ring (bicyclic) bond motifs is 1. The lowest BCUT2D eigenvalue weighted by Crippen LogP contribution is -2.69. The average Bonchev–Trinajstić information content (AvgIpc) is 2.88. The summed E-state index contributed by atoms with van der Waals surface area (Å²) < 4.78 is 15.9. The van der Waals surface area contributed by atoms with E-state index in [1.54, 1.807) is 26.8 Å². The molecule has 0 bridgehead atoms. The third-order valence-corrected chi connectivity index (χ3v) is 10.2. The molecule has 0 spiro atoms. The highest BCUT2D eigenvalue weighted by Gasteiger charge is 2.74. The molecule has 0 heterocycles. The minimum absolute atomic E-state index is 0.111. The number of hydrogen-bond donors (Lipinski definition) is 3. The van der Waals surface area contributed by atoms with Gasteiger partial charge in [0.2, 0.25) is 0 Å². The number of carbonyl (C=O) groups excluding carboxylic acids is 2. The Bertz CT molecular complexity index is 796. The average molecular weight is 520 g/mol. The topological polar surface area (TPSA) is 94.8 Å². The van der Waals surface area contributed by atoms with E-state index in [1.165, 1.54) is 12.2 Å². The number of aliphatic hydroxyl groups is 3. The molecule has 0 aromatic carbocycles. The molecule has 3 rings (SSSR count). The Morgan fingerprint density at radius 3 is 2.55 bits per heavy atom. The molecule has 0 aromatic rings. The van der Waals surface area contributed by atoms with E-state index in [0.29, 0.717) is 18.4 Å². The summed E-state index contributed by atoms with van der Waals surface area (Å²) in [6.45, 7) is 6.25. The zero-order chi connectivity index (χ0) is 22.0. The van der Waals surface area contributed by atoms with Gasteiger partial charge < -0.3 is 15.3 Å². The predicted molar refractivity (Wildman–Crippen MR) is 115 cm³/mol. The highest BCUT2D eigenvalue weighted by Crippen LogP contribution is 2.67. The highest BCUT2D eigenvalue weighted by molar-refractivity contribution is 14.1. The molecule has 8 atom stereocenters. The molecule has 0 aromatic heterocycles. The second-order valence-corrected chi connectivity index (χ2v) is 11.1. The van der Waals surface area contributed by atoms with Crippen molar-refractivity contribution >= 4 is 34.2 Å². The van der Waals surface area contributed by atoms with Crippen LogP contribution in [0.4, 0.5) is 4.39 Å². The Labute approximate surface area is 184 Å². The van der Waals surface area contributed by atoms with Crippen LogP contribution in [-0.4, -0.2) is 54.3 Å². The van der Waals surface area contributed by atoms with Crippen LogP contribution in [0.15, 0.2) is 23.8 Å². The summed E-state index contributed by atoms with van der Waals surface area (Å²) >= 11 is 2.02. The Kier molecular flexibility index (Phi) is 5.72. The SMILES string of the molecule is CCC1=CC(=O)C=C[C@]1(C)[C@@]1(F)[C@@H](O)C[C@@]2(I)[C@@H](C[C@H](C)[C@]2(O)C(=O)CO)[C@@H]1C. The third-order valence-electron chi connectivity index (χ3n) is 8.09. The number of halogens is 2. The Balaban J connectivity index is 2.12. The molecular weight excluding hydrogens is 490 g/mol. The van der Waals surface area contributed by atoms with E-state index >= 15 is 4.39 Å². The van der Waals surface area contributed by atoms with Gasteiger partial charge in [-0.1, -0.05) is 55.0 Å². The molecule has 2 saturated carbocycles. The smallest absolute Gasteiger partial charge is 0.191 e. The standard InChI is InChI=1S/C22H30FIO5/c1-5-14-9-15(26)6-7-19(14,4)21(23)13(3)16-8-12(2)22(29,18(28)11-25)20(16,24)10-17(21)27/h6-7,9,12-13,16-17,25,27,29H,5,8,10-11H2,1-4H3/t12-,13-,16-,17-,19-,20+,21-,22-/m0/s1. The van der Waals surface area contributed by atoms with Gasteiger partial charge in [0, 0.05) is 5.41 Å². The first-order valence-corrected chi connectivity index (χ1v) is 11.3. The van der Waals surface area contributed by atoms with Gasteiger partial charge in [0.05, 0.1) is 9.53 Å². The summed E-state index contributed by atoms with van der Waals surface area (Å²) in [5.74, 6) is -2.42. The van der Waals surface area contributed by atoms with Crippen LogP contribution in [0.3, 0.4) is 0 Å². The van der Waals surface area contributed by atoms with Gasteiger partial charge in [-0.15, -0.1) is 0 Å². The van der Waals surface area contributed by atoms with Crippen molar-refractivity contribution in [1.82, 2.24) is 0 Å². The maximum Gasteiger partial charge on any atom is 0.191 e. The summed E-state index contributed by atoms with van der Waals surface area (Å²) in [5, 5.41) is 32.0. The van der Waals surface area contributed by atoms with Gasteiger partial charge in [-0.2, -0.15) is 0 Å². The van der Waals surface area contributed by atoms with Gasteiger partial charge >= 0.3 is 0 Å². The molecule has 3 aliphatic carbocycles. The molecule has 7 heteroatoms. The van der Waals surface area contributed by atoms with Crippen LogP contribution in [0.2, 0.25) is 0 Å². The van der Waals surface area contributed by atoms with E-state index in [-0.39, 0.29) is 18.1 Å². The van der Waals surface area contributed by atoms with Crippen molar-refractivity contribution in [2.75, 3.05) is 6.61 Å². The van der Waals surface area contributed by atoms with E-state index < -0.39 is 50.4 Å². The Morgan fingerprint density at radius 2 is 2.00 bits per heavy atom. The van der Waals surface area contributed by atoms with Gasteiger partial charge in [0.25, 0.3) is 0 Å². The molecule has 3 N–H and O–H groups in total. The van der Waals surface area contributed by atoms with Crippen molar-refractivity contribution in [3.63, 3.8) is 0 Å². The number of ketones is 2. The maximum absolute atomic E-state index is 17.0. The molecule has 29 heavy (non-hydrogen) atoms. The van der Waals surface area contributed by atoms with Crippen molar-refractivity contribution < 1.29 is 29.3 Å². The van der Waals surface area contributed by atoms with Crippen LogP contribution in [0.25, 0.3) is 0 Å². The van der Waals surface area contributed by atoms with Crippen LogP contribution in [0.5, 0.6) is 0 Å².